The zero-order chi connectivity index (χ0) is 17.2. The van der Waals surface area contributed by atoms with E-state index in [2.05, 4.69) is 61.2 Å². The van der Waals surface area contributed by atoms with Crippen LogP contribution < -0.4 is 0 Å². The Morgan fingerprint density at radius 1 is 0.880 bits per heavy atom. The number of esters is 1. The quantitative estimate of drug-likeness (QED) is 0.198. The molecule has 0 N–H and O–H groups in total. The van der Waals surface area contributed by atoms with E-state index < -0.39 is 0 Å². The lowest BCUT2D eigenvalue weighted by Gasteiger charge is -2.14. The van der Waals surface area contributed by atoms with Crippen LogP contribution in [-0.4, -0.2) is 12.6 Å². The first-order valence-corrected chi connectivity index (χ1v) is 8.72. The summed E-state index contributed by atoms with van der Waals surface area (Å²) in [5.41, 5.74) is 1.36. The van der Waals surface area contributed by atoms with Crippen molar-refractivity contribution in [1.29, 1.82) is 0 Å². The number of unbranched alkanes of at least 4 members (excludes halogenated alkanes) is 1. The minimum atomic E-state index is -0.345. The van der Waals surface area contributed by atoms with Crippen molar-refractivity contribution < 1.29 is 9.53 Å². The van der Waals surface area contributed by atoms with Crippen LogP contribution in [0.3, 0.4) is 0 Å². The van der Waals surface area contributed by atoms with E-state index in [1.807, 2.05) is 0 Å². The van der Waals surface area contributed by atoms with Crippen LogP contribution in [0.2, 0.25) is 0 Å². The Kier molecular flexibility index (Phi) is 4.10. The largest absolute Gasteiger partial charge is 0.463 e. The van der Waals surface area contributed by atoms with E-state index in [4.69, 9.17) is 4.74 Å². The van der Waals surface area contributed by atoms with Crippen molar-refractivity contribution in [2.45, 2.75) is 19.3 Å². The van der Waals surface area contributed by atoms with Gasteiger partial charge in [-0.15, -0.1) is 0 Å². The molecule has 0 bridgehead atoms. The van der Waals surface area contributed by atoms with Gasteiger partial charge in [0, 0.05) is 6.08 Å². The first-order valence-electron chi connectivity index (χ1n) is 8.72. The number of hydrogen-bond acceptors (Lipinski definition) is 2. The predicted molar refractivity (Wildman–Crippen MR) is 104 cm³/mol. The van der Waals surface area contributed by atoms with Crippen LogP contribution in [-0.2, 0) is 16.0 Å². The second-order valence-electron chi connectivity index (χ2n) is 6.41. The molecule has 0 heterocycles. The van der Waals surface area contributed by atoms with Crippen molar-refractivity contribution in [2.75, 3.05) is 6.61 Å². The second-order valence-corrected chi connectivity index (χ2v) is 6.41. The van der Waals surface area contributed by atoms with Crippen molar-refractivity contribution in [3.63, 3.8) is 0 Å². The van der Waals surface area contributed by atoms with E-state index in [-0.39, 0.29) is 5.97 Å². The lowest BCUT2D eigenvalue weighted by molar-refractivity contribution is -0.137. The second kappa shape index (κ2) is 6.56. The summed E-state index contributed by atoms with van der Waals surface area (Å²) in [5, 5.41) is 7.95. The van der Waals surface area contributed by atoms with Crippen molar-refractivity contribution in [3.8, 4) is 0 Å². The molecule has 0 radical (unpaired) electrons. The molecule has 0 atom stereocenters. The van der Waals surface area contributed by atoms with Gasteiger partial charge in [-0.1, -0.05) is 61.2 Å². The van der Waals surface area contributed by atoms with Gasteiger partial charge in [0.15, 0.2) is 0 Å². The maximum atomic E-state index is 11.1. The van der Waals surface area contributed by atoms with Gasteiger partial charge in [0.05, 0.1) is 6.61 Å². The highest BCUT2D eigenvalue weighted by Crippen LogP contribution is 2.36. The van der Waals surface area contributed by atoms with Crippen LogP contribution in [0.5, 0.6) is 0 Å². The number of hydrogen-bond donors (Lipinski definition) is 0. The van der Waals surface area contributed by atoms with E-state index in [1.54, 1.807) is 0 Å². The highest BCUT2D eigenvalue weighted by Gasteiger charge is 2.10. The zero-order valence-electron chi connectivity index (χ0n) is 14.1. The van der Waals surface area contributed by atoms with E-state index >= 15 is 0 Å². The van der Waals surface area contributed by atoms with Crippen LogP contribution in [0.1, 0.15) is 18.4 Å². The highest BCUT2D eigenvalue weighted by atomic mass is 16.5. The highest BCUT2D eigenvalue weighted by molar-refractivity contribution is 6.23. The van der Waals surface area contributed by atoms with Gasteiger partial charge in [-0.2, -0.15) is 0 Å². The maximum absolute atomic E-state index is 11.1. The molecule has 0 fully saturated rings. The summed E-state index contributed by atoms with van der Waals surface area (Å²) in [6.45, 7) is 3.86. The summed E-state index contributed by atoms with van der Waals surface area (Å²) in [5.74, 6) is -0.345. The van der Waals surface area contributed by atoms with Crippen molar-refractivity contribution in [2.24, 2.45) is 0 Å². The Hall–Kier alpha value is -2.87. The Bertz CT molecular complexity index is 1050. The fourth-order valence-electron chi connectivity index (χ4n) is 3.66. The number of carbonyl (C=O) groups is 1. The fraction of sp³-hybridized carbons (Fsp3) is 0.174. The standard InChI is InChI=1S/C23H20O2/c1-2-21(24)25-15-4-3-6-16-9-10-19-12-11-17-7-5-8-18-13-14-20(16)23(19)22(17)18/h2,5,7-14H,1,3-4,6,15H2. The Balaban J connectivity index is 1.64. The Morgan fingerprint density at radius 3 is 2.32 bits per heavy atom. The predicted octanol–water partition coefficient (Wildman–Crippen LogP) is 5.64. The van der Waals surface area contributed by atoms with Gasteiger partial charge in [-0.25, -0.2) is 4.79 Å². The fourth-order valence-corrected chi connectivity index (χ4v) is 3.66. The van der Waals surface area contributed by atoms with E-state index in [0.29, 0.717) is 6.61 Å². The molecule has 0 saturated heterocycles. The molecule has 0 spiro atoms. The Morgan fingerprint density at radius 2 is 1.56 bits per heavy atom. The maximum Gasteiger partial charge on any atom is 0.330 e. The first-order chi connectivity index (χ1) is 12.3. The summed E-state index contributed by atoms with van der Waals surface area (Å²) >= 11 is 0. The average Bonchev–Trinajstić information content (AvgIpc) is 2.66. The average molecular weight is 328 g/mol. The molecule has 25 heavy (non-hydrogen) atoms. The number of carbonyl (C=O) groups excluding carboxylic acids is 1. The molecule has 124 valence electrons. The molecule has 4 aromatic carbocycles. The van der Waals surface area contributed by atoms with Crippen molar-refractivity contribution >= 4 is 38.3 Å². The first kappa shape index (κ1) is 15.6. The molecule has 4 rings (SSSR count). The summed E-state index contributed by atoms with van der Waals surface area (Å²) in [6.07, 6.45) is 4.05. The molecule has 0 aliphatic heterocycles. The lowest BCUT2D eigenvalue weighted by atomic mass is 9.91. The van der Waals surface area contributed by atoms with Gasteiger partial charge in [-0.3, -0.25) is 0 Å². The molecule has 4 aromatic rings. The van der Waals surface area contributed by atoms with E-state index in [9.17, 15) is 4.79 Å². The molecule has 2 heteroatoms. The molecular weight excluding hydrogens is 308 g/mol. The molecule has 0 amide bonds. The van der Waals surface area contributed by atoms with Crippen LogP contribution >= 0.6 is 0 Å². The number of aryl methyl sites for hydroxylation is 1. The van der Waals surface area contributed by atoms with E-state index in [1.165, 1.54) is 44.0 Å². The van der Waals surface area contributed by atoms with Gasteiger partial charge in [0.1, 0.15) is 0 Å². The van der Waals surface area contributed by atoms with Crippen molar-refractivity contribution in [1.82, 2.24) is 0 Å². The number of benzene rings is 4. The smallest absolute Gasteiger partial charge is 0.330 e. The summed E-state index contributed by atoms with van der Waals surface area (Å²) < 4.78 is 5.05. The van der Waals surface area contributed by atoms with Crippen LogP contribution in [0.4, 0.5) is 0 Å². The third kappa shape index (κ3) is 2.85. The van der Waals surface area contributed by atoms with Crippen LogP contribution in [0, 0.1) is 0 Å². The minimum Gasteiger partial charge on any atom is -0.463 e. The van der Waals surface area contributed by atoms with Gasteiger partial charge in [-0.05, 0) is 57.1 Å². The molecule has 0 aliphatic rings. The molecule has 0 unspecified atom stereocenters. The van der Waals surface area contributed by atoms with Gasteiger partial charge in [0.25, 0.3) is 0 Å². The molecule has 0 aliphatic carbocycles. The molecular formula is C23H20O2. The van der Waals surface area contributed by atoms with Gasteiger partial charge < -0.3 is 4.74 Å². The Labute approximate surface area is 147 Å². The lowest BCUT2D eigenvalue weighted by Crippen LogP contribution is -2.02. The summed E-state index contributed by atoms with van der Waals surface area (Å²) in [4.78, 5) is 11.1. The van der Waals surface area contributed by atoms with Gasteiger partial charge in [0.2, 0.25) is 0 Å². The summed E-state index contributed by atoms with van der Waals surface area (Å²) in [6, 6.07) is 19.8. The minimum absolute atomic E-state index is 0.345. The summed E-state index contributed by atoms with van der Waals surface area (Å²) in [7, 11) is 0. The topological polar surface area (TPSA) is 26.3 Å². The normalized spacial score (nSPS) is 11.4. The zero-order valence-corrected chi connectivity index (χ0v) is 14.1. The monoisotopic (exact) mass is 328 g/mol. The molecule has 0 saturated carbocycles. The van der Waals surface area contributed by atoms with Crippen LogP contribution in [0.15, 0.2) is 67.3 Å². The van der Waals surface area contributed by atoms with Crippen LogP contribution in [0.25, 0.3) is 32.3 Å². The van der Waals surface area contributed by atoms with Crippen molar-refractivity contribution in [3.05, 3.63) is 72.8 Å². The molecule has 0 aromatic heterocycles. The third-order valence-electron chi connectivity index (χ3n) is 4.87. The number of ether oxygens (including phenoxy) is 1. The van der Waals surface area contributed by atoms with E-state index in [0.717, 1.165) is 19.3 Å². The number of rotatable bonds is 6. The molecule has 2 nitrogen and oxygen atoms in total. The third-order valence-corrected chi connectivity index (χ3v) is 4.87. The SMILES string of the molecule is C=CC(=O)OCCCCc1ccc2ccc3cccc4ccc1c2c34. The van der Waals surface area contributed by atoms with Gasteiger partial charge >= 0.3 is 5.97 Å².